The normalized spacial score (nSPS) is 15.8. The number of amides is 2. The minimum Gasteiger partial charge on any atom is -0.495 e. The molecule has 0 unspecified atom stereocenters. The molecule has 2 amide bonds. The summed E-state index contributed by atoms with van der Waals surface area (Å²) in [5.41, 5.74) is 3.39. The van der Waals surface area contributed by atoms with Gasteiger partial charge in [-0.1, -0.05) is 12.1 Å². The lowest BCUT2D eigenvalue weighted by Gasteiger charge is -2.43. The van der Waals surface area contributed by atoms with Crippen LogP contribution >= 0.6 is 0 Å². The third-order valence-corrected chi connectivity index (χ3v) is 6.86. The van der Waals surface area contributed by atoms with Crippen LogP contribution in [0.5, 0.6) is 5.75 Å². The number of hydrogen-bond donors (Lipinski definition) is 3. The topological polar surface area (TPSA) is 115 Å². The maximum absolute atomic E-state index is 12.8. The molecule has 0 aliphatic carbocycles. The number of nitrogens with one attached hydrogen (secondary N) is 3. The molecule has 1 aromatic carbocycles. The molecule has 1 saturated heterocycles. The monoisotopic (exact) mass is 499 g/mol. The van der Waals surface area contributed by atoms with Gasteiger partial charge in [0, 0.05) is 63.0 Å². The van der Waals surface area contributed by atoms with Gasteiger partial charge in [-0.15, -0.1) is 0 Å². The van der Waals surface area contributed by atoms with Crippen molar-refractivity contribution in [2.24, 2.45) is 0 Å². The van der Waals surface area contributed by atoms with Crippen LogP contribution < -0.4 is 15.4 Å². The summed E-state index contributed by atoms with van der Waals surface area (Å²) in [6, 6.07) is 14.0. The Morgan fingerprint density at radius 1 is 1.22 bits per heavy atom. The fourth-order valence-electron chi connectivity index (χ4n) is 4.86. The average molecular weight is 500 g/mol. The van der Waals surface area contributed by atoms with Crippen LogP contribution in [-0.4, -0.2) is 77.4 Å². The fourth-order valence-corrected chi connectivity index (χ4v) is 4.86. The molecule has 37 heavy (non-hydrogen) atoms. The number of rotatable bonds is 4. The van der Waals surface area contributed by atoms with Gasteiger partial charge in [-0.05, 0) is 37.1 Å². The summed E-state index contributed by atoms with van der Waals surface area (Å²) in [6.45, 7) is 1.67. The number of carbonyl (C=O) groups excluding carboxylic acids is 2. The molecule has 0 saturated carbocycles. The number of H-pyrrole nitrogens is 1. The third-order valence-electron chi connectivity index (χ3n) is 6.86. The zero-order valence-electron chi connectivity index (χ0n) is 21.1. The van der Waals surface area contributed by atoms with E-state index in [0.717, 1.165) is 29.9 Å². The molecule has 2 aliphatic rings. The lowest BCUT2D eigenvalue weighted by molar-refractivity contribution is -0.126. The Hall–Kier alpha value is -4.52. The number of piperidine rings is 1. The van der Waals surface area contributed by atoms with Crippen LogP contribution in [0.15, 0.2) is 42.6 Å². The Kier molecular flexibility index (Phi) is 6.44. The van der Waals surface area contributed by atoms with Crippen molar-refractivity contribution >= 4 is 23.5 Å². The van der Waals surface area contributed by atoms with E-state index >= 15 is 0 Å². The minimum absolute atomic E-state index is 0.111. The number of nitrogens with zero attached hydrogens (tertiary/aromatic N) is 4. The molecule has 4 heterocycles. The fraction of sp³-hybridized carbons (Fsp3) is 0.333. The SMILES string of the molecule is COc1ccccc1Nc1nccc(-c2cc3c([nH]2)C2(CCN(C(=O)C#CN(C)C)CC2)CNC3=O)n1. The number of para-hydroxylation sites is 2. The van der Waals surface area contributed by atoms with E-state index in [9.17, 15) is 9.59 Å². The molecule has 10 nitrogen and oxygen atoms in total. The number of ether oxygens (including phenoxy) is 1. The van der Waals surface area contributed by atoms with Gasteiger partial charge in [0.2, 0.25) is 5.95 Å². The summed E-state index contributed by atoms with van der Waals surface area (Å²) in [6.07, 6.45) is 3.12. The summed E-state index contributed by atoms with van der Waals surface area (Å²) < 4.78 is 5.41. The van der Waals surface area contributed by atoms with Crippen molar-refractivity contribution in [1.29, 1.82) is 0 Å². The average Bonchev–Trinajstić information content (AvgIpc) is 3.38. The number of likely N-dealkylation sites (tertiary alicyclic amines) is 1. The first-order valence-electron chi connectivity index (χ1n) is 12.1. The molecule has 2 aromatic heterocycles. The number of fused-ring (bicyclic) bond motifs is 2. The van der Waals surface area contributed by atoms with Crippen molar-refractivity contribution in [3.63, 3.8) is 0 Å². The van der Waals surface area contributed by atoms with Crippen LogP contribution in [0, 0.1) is 12.0 Å². The Bertz CT molecular complexity index is 1390. The second-order valence-corrected chi connectivity index (χ2v) is 9.45. The number of hydrogen-bond acceptors (Lipinski definition) is 7. The molecule has 0 atom stereocenters. The highest BCUT2D eigenvalue weighted by Crippen LogP contribution is 2.40. The smallest absolute Gasteiger partial charge is 0.300 e. The lowest BCUT2D eigenvalue weighted by atomic mass is 9.72. The van der Waals surface area contributed by atoms with Crippen molar-refractivity contribution in [3.8, 4) is 29.1 Å². The molecule has 0 radical (unpaired) electrons. The molecular weight excluding hydrogens is 470 g/mol. The van der Waals surface area contributed by atoms with Crippen LogP contribution in [0.4, 0.5) is 11.6 Å². The second-order valence-electron chi connectivity index (χ2n) is 9.45. The van der Waals surface area contributed by atoms with E-state index in [1.54, 1.807) is 43.3 Å². The van der Waals surface area contributed by atoms with Crippen LogP contribution in [0.25, 0.3) is 11.4 Å². The molecule has 0 bridgehead atoms. The van der Waals surface area contributed by atoms with Crippen molar-refractivity contribution in [2.45, 2.75) is 18.3 Å². The van der Waals surface area contributed by atoms with E-state index in [-0.39, 0.29) is 17.2 Å². The van der Waals surface area contributed by atoms with Gasteiger partial charge >= 0.3 is 0 Å². The summed E-state index contributed by atoms with van der Waals surface area (Å²) in [7, 11) is 5.21. The lowest BCUT2D eigenvalue weighted by Crippen LogP contribution is -2.53. The Balaban J connectivity index is 1.39. The second kappa shape index (κ2) is 9.85. The summed E-state index contributed by atoms with van der Waals surface area (Å²) in [5, 5.41) is 6.25. The first-order valence-corrected chi connectivity index (χ1v) is 12.1. The van der Waals surface area contributed by atoms with Crippen molar-refractivity contribution in [2.75, 3.05) is 46.2 Å². The highest BCUT2D eigenvalue weighted by atomic mass is 16.5. The number of aromatic nitrogens is 3. The van der Waals surface area contributed by atoms with E-state index < -0.39 is 0 Å². The van der Waals surface area contributed by atoms with E-state index in [0.29, 0.717) is 42.6 Å². The molecule has 1 fully saturated rings. The zero-order valence-corrected chi connectivity index (χ0v) is 21.1. The molecule has 3 aromatic rings. The number of anilines is 2. The standard InChI is InChI=1S/C27H29N7O3/c1-33(2)13-9-23(35)34-14-10-27(11-15-34)17-29-25(36)18-16-21(30-24(18)27)19-8-12-28-26(31-19)32-20-6-4-5-7-22(20)37-3/h4-8,12,16,30H,10-11,14-15,17H2,1-3H3,(H,29,36)(H,28,31,32). The van der Waals surface area contributed by atoms with Gasteiger partial charge < -0.3 is 30.2 Å². The maximum Gasteiger partial charge on any atom is 0.300 e. The number of carbonyl (C=O) groups is 2. The number of aromatic amines is 1. The molecule has 1 spiro atoms. The quantitative estimate of drug-likeness (QED) is 0.373. The van der Waals surface area contributed by atoms with E-state index in [2.05, 4.69) is 37.6 Å². The van der Waals surface area contributed by atoms with Gasteiger partial charge in [-0.3, -0.25) is 9.59 Å². The molecule has 2 aliphatic heterocycles. The zero-order chi connectivity index (χ0) is 26.0. The van der Waals surface area contributed by atoms with Gasteiger partial charge in [-0.2, -0.15) is 0 Å². The first-order chi connectivity index (χ1) is 17.9. The number of benzene rings is 1. The van der Waals surface area contributed by atoms with Gasteiger partial charge in [-0.25, -0.2) is 9.97 Å². The largest absolute Gasteiger partial charge is 0.495 e. The maximum atomic E-state index is 12.8. The molecule has 190 valence electrons. The Morgan fingerprint density at radius 2 is 2.00 bits per heavy atom. The van der Waals surface area contributed by atoms with Gasteiger partial charge in [0.25, 0.3) is 11.8 Å². The Labute approximate surface area is 215 Å². The predicted octanol–water partition coefficient (Wildman–Crippen LogP) is 2.35. The van der Waals surface area contributed by atoms with Crippen LogP contribution in [0.1, 0.15) is 28.9 Å². The Morgan fingerprint density at radius 3 is 2.76 bits per heavy atom. The van der Waals surface area contributed by atoms with Gasteiger partial charge in [0.1, 0.15) is 5.75 Å². The van der Waals surface area contributed by atoms with E-state index in [4.69, 9.17) is 4.74 Å². The van der Waals surface area contributed by atoms with E-state index in [1.165, 1.54) is 0 Å². The van der Waals surface area contributed by atoms with Gasteiger partial charge in [0.05, 0.1) is 29.7 Å². The number of methoxy groups -OCH3 is 1. The summed E-state index contributed by atoms with van der Waals surface area (Å²) in [5.74, 6) is 3.50. The summed E-state index contributed by atoms with van der Waals surface area (Å²) in [4.78, 5) is 41.2. The van der Waals surface area contributed by atoms with Crippen molar-refractivity contribution < 1.29 is 14.3 Å². The highest BCUT2D eigenvalue weighted by Gasteiger charge is 2.44. The van der Waals surface area contributed by atoms with Crippen LogP contribution in [-0.2, 0) is 10.2 Å². The van der Waals surface area contributed by atoms with Crippen molar-refractivity contribution in [1.82, 2.24) is 30.1 Å². The third kappa shape index (κ3) is 4.80. The van der Waals surface area contributed by atoms with Gasteiger partial charge in [0.15, 0.2) is 0 Å². The van der Waals surface area contributed by atoms with Crippen LogP contribution in [0.2, 0.25) is 0 Å². The molecular formula is C27H29N7O3. The van der Waals surface area contributed by atoms with E-state index in [1.807, 2.05) is 30.3 Å². The highest BCUT2D eigenvalue weighted by molar-refractivity contribution is 5.98. The van der Waals surface area contributed by atoms with Crippen LogP contribution in [0.3, 0.4) is 0 Å². The summed E-state index contributed by atoms with van der Waals surface area (Å²) >= 11 is 0. The molecule has 5 rings (SSSR count). The molecule has 10 heteroatoms. The first kappa shape index (κ1) is 24.2. The minimum atomic E-state index is -0.279. The molecule has 3 N–H and O–H groups in total. The predicted molar refractivity (Wildman–Crippen MR) is 139 cm³/mol. The van der Waals surface area contributed by atoms with Crippen molar-refractivity contribution in [3.05, 3.63) is 53.9 Å².